The van der Waals surface area contributed by atoms with Gasteiger partial charge in [0.25, 0.3) is 0 Å². The summed E-state index contributed by atoms with van der Waals surface area (Å²) in [6.07, 6.45) is 4.06. The first-order valence-electron chi connectivity index (χ1n) is 5.82. The molecule has 0 amide bonds. The smallest absolute Gasteiger partial charge is 0.0467 e. The van der Waals surface area contributed by atoms with E-state index in [1.807, 2.05) is 0 Å². The van der Waals surface area contributed by atoms with Gasteiger partial charge in [-0.2, -0.15) is 0 Å². The topological polar surface area (TPSA) is 27.8 Å². The van der Waals surface area contributed by atoms with Gasteiger partial charge in [-0.05, 0) is 31.0 Å². The Balaban J connectivity index is 1.79. The van der Waals surface area contributed by atoms with E-state index in [1.54, 1.807) is 0 Å². The van der Waals surface area contributed by atoms with Gasteiger partial charge in [0.05, 0.1) is 0 Å². The van der Waals surface area contributed by atoms with Gasteiger partial charge in [0, 0.05) is 33.7 Å². The number of nitrogens with one attached hydrogen (secondary N) is 2. The minimum absolute atomic E-state index is 0.745. The maximum atomic E-state index is 3.57. The summed E-state index contributed by atoms with van der Waals surface area (Å²) >= 11 is 3.57. The Kier molecular flexibility index (Phi) is 2.74. The lowest BCUT2D eigenvalue weighted by Gasteiger charge is -2.26. The number of hydrogen-bond donors (Lipinski definition) is 2. The van der Waals surface area contributed by atoms with E-state index < -0.39 is 0 Å². The van der Waals surface area contributed by atoms with Crippen LogP contribution in [0.4, 0.5) is 0 Å². The summed E-state index contributed by atoms with van der Waals surface area (Å²) in [7, 11) is 0. The van der Waals surface area contributed by atoms with Gasteiger partial charge in [-0.15, -0.1) is 0 Å². The molecule has 1 aliphatic rings. The quantitative estimate of drug-likeness (QED) is 0.883. The van der Waals surface area contributed by atoms with Gasteiger partial charge in [0.15, 0.2) is 0 Å². The van der Waals surface area contributed by atoms with E-state index in [1.165, 1.54) is 35.9 Å². The van der Waals surface area contributed by atoms with Crippen LogP contribution in [0.5, 0.6) is 0 Å². The molecule has 84 valence electrons. The molecule has 2 nitrogen and oxygen atoms in total. The third-order valence-electron chi connectivity index (χ3n) is 3.35. The van der Waals surface area contributed by atoms with Crippen LogP contribution in [-0.4, -0.2) is 11.0 Å². The average molecular weight is 279 g/mol. The molecule has 0 spiro atoms. The molecule has 1 aliphatic carbocycles. The minimum atomic E-state index is 0.745. The highest BCUT2D eigenvalue weighted by molar-refractivity contribution is 9.10. The van der Waals surface area contributed by atoms with E-state index in [-0.39, 0.29) is 0 Å². The molecule has 1 aromatic heterocycles. The van der Waals surface area contributed by atoms with Crippen LogP contribution in [0.2, 0.25) is 0 Å². The molecule has 1 fully saturated rings. The highest BCUT2D eigenvalue weighted by Gasteiger charge is 2.16. The van der Waals surface area contributed by atoms with Crippen LogP contribution in [-0.2, 0) is 6.54 Å². The van der Waals surface area contributed by atoms with Gasteiger partial charge >= 0.3 is 0 Å². The minimum Gasteiger partial charge on any atom is -0.357 e. The second kappa shape index (κ2) is 4.22. The van der Waals surface area contributed by atoms with Gasteiger partial charge in [0.2, 0.25) is 0 Å². The lowest BCUT2D eigenvalue weighted by molar-refractivity contribution is 0.337. The third kappa shape index (κ3) is 1.89. The molecule has 1 heterocycles. The molecule has 16 heavy (non-hydrogen) atoms. The Bertz CT molecular complexity index is 500. The SMILES string of the molecule is Brc1cccc2[nH]c(CNC3CCC3)cc12. The van der Waals surface area contributed by atoms with Crippen molar-refractivity contribution in [3.63, 3.8) is 0 Å². The number of benzene rings is 1. The van der Waals surface area contributed by atoms with E-state index in [0.29, 0.717) is 0 Å². The van der Waals surface area contributed by atoms with Crippen molar-refractivity contribution in [3.05, 3.63) is 34.4 Å². The zero-order valence-electron chi connectivity index (χ0n) is 9.09. The predicted octanol–water partition coefficient (Wildman–Crippen LogP) is 3.57. The predicted molar refractivity (Wildman–Crippen MR) is 70.5 cm³/mol. The third-order valence-corrected chi connectivity index (χ3v) is 4.04. The largest absolute Gasteiger partial charge is 0.357 e. The maximum Gasteiger partial charge on any atom is 0.0467 e. The number of hydrogen-bond acceptors (Lipinski definition) is 1. The van der Waals surface area contributed by atoms with Crippen molar-refractivity contribution in [2.75, 3.05) is 0 Å². The first-order chi connectivity index (χ1) is 7.83. The second-order valence-electron chi connectivity index (χ2n) is 4.50. The van der Waals surface area contributed by atoms with Crippen molar-refractivity contribution in [1.29, 1.82) is 0 Å². The average Bonchev–Trinajstić information content (AvgIpc) is 2.60. The molecule has 0 radical (unpaired) electrons. The van der Waals surface area contributed by atoms with Crippen molar-refractivity contribution in [2.45, 2.75) is 31.8 Å². The standard InChI is InChI=1S/C13H15BrN2/c14-12-5-2-6-13-11(12)7-10(16-13)8-15-9-3-1-4-9/h2,5-7,9,15-16H,1,3-4,8H2. The number of aromatic nitrogens is 1. The first-order valence-corrected chi connectivity index (χ1v) is 6.62. The van der Waals surface area contributed by atoms with Gasteiger partial charge in [0.1, 0.15) is 0 Å². The molecule has 1 saturated carbocycles. The highest BCUT2D eigenvalue weighted by atomic mass is 79.9. The first kappa shape index (κ1) is 10.4. The summed E-state index contributed by atoms with van der Waals surface area (Å²) in [4.78, 5) is 3.45. The number of rotatable bonds is 3. The zero-order valence-corrected chi connectivity index (χ0v) is 10.7. The van der Waals surface area contributed by atoms with Crippen LogP contribution in [0.15, 0.2) is 28.7 Å². The van der Waals surface area contributed by atoms with E-state index in [2.05, 4.69) is 50.5 Å². The molecule has 3 rings (SSSR count). The lowest BCUT2D eigenvalue weighted by atomic mass is 9.93. The number of H-pyrrole nitrogens is 1. The maximum absolute atomic E-state index is 3.57. The van der Waals surface area contributed by atoms with Crippen molar-refractivity contribution < 1.29 is 0 Å². The van der Waals surface area contributed by atoms with Crippen LogP contribution < -0.4 is 5.32 Å². The molecule has 3 heteroatoms. The molecule has 2 N–H and O–H groups in total. The fourth-order valence-corrected chi connectivity index (χ4v) is 2.62. The van der Waals surface area contributed by atoms with Crippen LogP contribution in [0.1, 0.15) is 25.0 Å². The van der Waals surface area contributed by atoms with Gasteiger partial charge in [-0.3, -0.25) is 0 Å². The van der Waals surface area contributed by atoms with Crippen LogP contribution in [0.3, 0.4) is 0 Å². The lowest BCUT2D eigenvalue weighted by Crippen LogP contribution is -2.34. The van der Waals surface area contributed by atoms with E-state index in [4.69, 9.17) is 0 Å². The van der Waals surface area contributed by atoms with Crippen molar-refractivity contribution in [3.8, 4) is 0 Å². The molecule has 0 saturated heterocycles. The van der Waals surface area contributed by atoms with Crippen LogP contribution in [0, 0.1) is 0 Å². The fourth-order valence-electron chi connectivity index (χ4n) is 2.14. The molecule has 0 atom stereocenters. The number of halogens is 1. The Morgan fingerprint density at radius 2 is 2.25 bits per heavy atom. The molecule has 1 aromatic carbocycles. The molecule has 2 aromatic rings. The van der Waals surface area contributed by atoms with E-state index in [0.717, 1.165) is 17.1 Å². The summed E-state index contributed by atoms with van der Waals surface area (Å²) in [5.41, 5.74) is 2.48. The Morgan fingerprint density at radius 1 is 1.38 bits per heavy atom. The van der Waals surface area contributed by atoms with Gasteiger partial charge < -0.3 is 10.3 Å². The summed E-state index contributed by atoms with van der Waals surface area (Å²) < 4.78 is 1.16. The Hall–Kier alpha value is -0.800. The van der Waals surface area contributed by atoms with E-state index in [9.17, 15) is 0 Å². The molecule has 0 aliphatic heterocycles. The summed E-state index contributed by atoms with van der Waals surface area (Å²) in [5, 5.41) is 4.84. The van der Waals surface area contributed by atoms with Crippen molar-refractivity contribution in [2.24, 2.45) is 0 Å². The monoisotopic (exact) mass is 278 g/mol. The Morgan fingerprint density at radius 3 is 2.94 bits per heavy atom. The zero-order chi connectivity index (χ0) is 11.0. The van der Waals surface area contributed by atoms with Crippen LogP contribution >= 0.6 is 15.9 Å². The summed E-state index contributed by atoms with van der Waals surface area (Å²) in [5.74, 6) is 0. The fraction of sp³-hybridized carbons (Fsp3) is 0.385. The van der Waals surface area contributed by atoms with Crippen LogP contribution in [0.25, 0.3) is 10.9 Å². The molecular formula is C13H15BrN2. The van der Waals surface area contributed by atoms with Gasteiger partial charge in [-0.1, -0.05) is 28.4 Å². The summed E-state index contributed by atoms with van der Waals surface area (Å²) in [6, 6.07) is 9.23. The van der Waals surface area contributed by atoms with Crippen molar-refractivity contribution in [1.82, 2.24) is 10.3 Å². The highest BCUT2D eigenvalue weighted by Crippen LogP contribution is 2.25. The number of aromatic amines is 1. The molecule has 0 unspecified atom stereocenters. The molecule has 0 bridgehead atoms. The second-order valence-corrected chi connectivity index (χ2v) is 5.36. The van der Waals surface area contributed by atoms with Crippen molar-refractivity contribution >= 4 is 26.8 Å². The Labute approximate surface area is 104 Å². The van der Waals surface area contributed by atoms with Gasteiger partial charge in [-0.25, -0.2) is 0 Å². The van der Waals surface area contributed by atoms with E-state index >= 15 is 0 Å². The molecular weight excluding hydrogens is 264 g/mol. The number of fused-ring (bicyclic) bond motifs is 1. The normalized spacial score (nSPS) is 16.6. The summed E-state index contributed by atoms with van der Waals surface area (Å²) in [6.45, 7) is 0.950.